The van der Waals surface area contributed by atoms with Gasteiger partial charge in [-0.25, -0.2) is 0 Å². The number of carbonyl (C=O) groups is 1. The second-order valence-corrected chi connectivity index (χ2v) is 6.06. The summed E-state index contributed by atoms with van der Waals surface area (Å²) in [6.45, 7) is 2.49. The predicted octanol–water partition coefficient (Wildman–Crippen LogP) is 3.81. The molecular weight excluding hydrogens is 342 g/mol. The van der Waals surface area contributed by atoms with Crippen LogP contribution in [0.25, 0.3) is 10.8 Å². The van der Waals surface area contributed by atoms with E-state index in [9.17, 15) is 4.79 Å². The summed E-state index contributed by atoms with van der Waals surface area (Å²) in [4.78, 5) is 12.2. The summed E-state index contributed by atoms with van der Waals surface area (Å²) in [7, 11) is 1.59. The van der Waals surface area contributed by atoms with E-state index in [1.54, 1.807) is 26.2 Å². The molecular formula is C22H23NO4. The normalized spacial score (nSPS) is 11.6. The Morgan fingerprint density at radius 2 is 1.74 bits per heavy atom. The molecule has 0 aliphatic heterocycles. The summed E-state index contributed by atoms with van der Waals surface area (Å²) in [5.74, 6) is 1.88. The minimum Gasteiger partial charge on any atom is -0.497 e. The number of hydrogen-bond acceptors (Lipinski definition) is 4. The molecule has 5 nitrogen and oxygen atoms in total. The Morgan fingerprint density at radius 3 is 2.59 bits per heavy atom. The van der Waals surface area contributed by atoms with Gasteiger partial charge >= 0.3 is 0 Å². The maximum absolute atomic E-state index is 12.2. The van der Waals surface area contributed by atoms with Crippen molar-refractivity contribution in [1.29, 1.82) is 0 Å². The Balaban J connectivity index is 1.47. The molecule has 0 fully saturated rings. The maximum atomic E-state index is 12.2. The fourth-order valence-corrected chi connectivity index (χ4v) is 2.73. The Kier molecular flexibility index (Phi) is 6.15. The van der Waals surface area contributed by atoms with Gasteiger partial charge in [0.15, 0.2) is 6.10 Å². The van der Waals surface area contributed by atoms with Crippen LogP contribution < -0.4 is 19.5 Å². The lowest BCUT2D eigenvalue weighted by atomic mass is 10.1. The third-order valence-corrected chi connectivity index (χ3v) is 4.13. The molecule has 0 aliphatic carbocycles. The lowest BCUT2D eigenvalue weighted by molar-refractivity contribution is -0.127. The smallest absolute Gasteiger partial charge is 0.260 e. The Hall–Kier alpha value is -3.21. The molecule has 0 saturated heterocycles. The van der Waals surface area contributed by atoms with Gasteiger partial charge in [-0.2, -0.15) is 0 Å². The highest BCUT2D eigenvalue weighted by atomic mass is 16.5. The quantitative estimate of drug-likeness (QED) is 0.617. The van der Waals surface area contributed by atoms with Crippen LogP contribution in [-0.4, -0.2) is 32.3 Å². The maximum Gasteiger partial charge on any atom is 0.260 e. The van der Waals surface area contributed by atoms with Crippen molar-refractivity contribution in [3.8, 4) is 17.2 Å². The van der Waals surface area contributed by atoms with Gasteiger partial charge in [0.2, 0.25) is 0 Å². The molecule has 0 heterocycles. The summed E-state index contributed by atoms with van der Waals surface area (Å²) >= 11 is 0. The molecule has 3 aromatic rings. The largest absolute Gasteiger partial charge is 0.497 e. The minimum absolute atomic E-state index is 0.195. The van der Waals surface area contributed by atoms with Crippen LogP contribution in [0.1, 0.15) is 6.92 Å². The number of carbonyl (C=O) groups excluding carboxylic acids is 1. The van der Waals surface area contributed by atoms with Crippen molar-refractivity contribution >= 4 is 16.7 Å². The number of ether oxygens (including phenoxy) is 3. The van der Waals surface area contributed by atoms with Crippen molar-refractivity contribution in [1.82, 2.24) is 5.32 Å². The Morgan fingerprint density at radius 1 is 1.00 bits per heavy atom. The molecule has 0 aliphatic rings. The Bertz CT molecular complexity index is 904. The molecule has 1 amide bonds. The zero-order chi connectivity index (χ0) is 19.1. The number of rotatable bonds is 8. The molecule has 3 rings (SSSR count). The first-order valence-corrected chi connectivity index (χ1v) is 8.86. The van der Waals surface area contributed by atoms with E-state index in [2.05, 4.69) is 5.32 Å². The zero-order valence-corrected chi connectivity index (χ0v) is 15.5. The Labute approximate surface area is 158 Å². The van der Waals surface area contributed by atoms with Crippen LogP contribution in [-0.2, 0) is 4.79 Å². The topological polar surface area (TPSA) is 56.8 Å². The number of hydrogen-bond donors (Lipinski definition) is 1. The summed E-state index contributed by atoms with van der Waals surface area (Å²) in [5.41, 5.74) is 0. The molecule has 3 aromatic carbocycles. The number of benzene rings is 3. The lowest BCUT2D eigenvalue weighted by Crippen LogP contribution is -2.38. The first-order chi connectivity index (χ1) is 13.2. The standard InChI is InChI=1S/C22H23NO4/c1-16(27-19-10-6-9-18(15-19)25-2)22(24)23-13-14-26-21-12-5-8-17-7-3-4-11-20(17)21/h3-12,15-16H,13-14H2,1-2H3,(H,23,24)/t16-/m0/s1. The van der Waals surface area contributed by atoms with Crippen LogP contribution in [0.15, 0.2) is 66.7 Å². The van der Waals surface area contributed by atoms with Crippen LogP contribution in [0.4, 0.5) is 0 Å². The van der Waals surface area contributed by atoms with Crippen molar-refractivity contribution in [3.05, 3.63) is 66.7 Å². The van der Waals surface area contributed by atoms with Gasteiger partial charge < -0.3 is 19.5 Å². The average Bonchev–Trinajstić information content (AvgIpc) is 2.71. The SMILES string of the molecule is COc1cccc(O[C@@H](C)C(=O)NCCOc2cccc3ccccc23)c1. The highest BCUT2D eigenvalue weighted by Gasteiger charge is 2.14. The molecule has 27 heavy (non-hydrogen) atoms. The average molecular weight is 365 g/mol. The summed E-state index contributed by atoms with van der Waals surface area (Å²) in [6.07, 6.45) is -0.616. The van der Waals surface area contributed by atoms with Crippen molar-refractivity contribution in [3.63, 3.8) is 0 Å². The van der Waals surface area contributed by atoms with E-state index in [-0.39, 0.29) is 5.91 Å². The highest BCUT2D eigenvalue weighted by molar-refractivity contribution is 5.88. The van der Waals surface area contributed by atoms with E-state index in [4.69, 9.17) is 14.2 Å². The fraction of sp³-hybridized carbons (Fsp3) is 0.227. The third kappa shape index (κ3) is 4.91. The van der Waals surface area contributed by atoms with E-state index in [0.29, 0.717) is 24.7 Å². The summed E-state index contributed by atoms with van der Waals surface area (Å²) < 4.78 is 16.6. The van der Waals surface area contributed by atoms with Crippen molar-refractivity contribution < 1.29 is 19.0 Å². The van der Waals surface area contributed by atoms with Gasteiger partial charge in [-0.15, -0.1) is 0 Å². The van der Waals surface area contributed by atoms with Gasteiger partial charge in [0.1, 0.15) is 23.9 Å². The monoisotopic (exact) mass is 365 g/mol. The molecule has 1 N–H and O–H groups in total. The highest BCUT2D eigenvalue weighted by Crippen LogP contribution is 2.25. The van der Waals surface area contributed by atoms with Crippen LogP contribution >= 0.6 is 0 Å². The fourth-order valence-electron chi connectivity index (χ4n) is 2.73. The van der Waals surface area contributed by atoms with E-state index >= 15 is 0 Å². The van der Waals surface area contributed by atoms with Crippen molar-refractivity contribution in [2.24, 2.45) is 0 Å². The molecule has 140 valence electrons. The number of methoxy groups -OCH3 is 1. The number of fused-ring (bicyclic) bond motifs is 1. The lowest BCUT2D eigenvalue weighted by Gasteiger charge is -2.15. The first-order valence-electron chi connectivity index (χ1n) is 8.86. The van der Waals surface area contributed by atoms with E-state index in [0.717, 1.165) is 16.5 Å². The molecule has 0 unspecified atom stereocenters. The van der Waals surface area contributed by atoms with E-state index in [1.807, 2.05) is 54.6 Å². The van der Waals surface area contributed by atoms with E-state index < -0.39 is 6.10 Å². The van der Waals surface area contributed by atoms with Crippen LogP contribution in [0.3, 0.4) is 0 Å². The molecule has 0 aromatic heterocycles. The molecule has 0 bridgehead atoms. The van der Waals surface area contributed by atoms with Crippen LogP contribution in [0, 0.1) is 0 Å². The molecule has 5 heteroatoms. The second-order valence-electron chi connectivity index (χ2n) is 6.06. The van der Waals surface area contributed by atoms with Crippen molar-refractivity contribution in [2.75, 3.05) is 20.3 Å². The van der Waals surface area contributed by atoms with Gasteiger partial charge in [0.05, 0.1) is 13.7 Å². The van der Waals surface area contributed by atoms with E-state index in [1.165, 1.54) is 0 Å². The summed E-state index contributed by atoms with van der Waals surface area (Å²) in [5, 5.41) is 5.01. The second kappa shape index (κ2) is 8.94. The first kappa shape index (κ1) is 18.6. The van der Waals surface area contributed by atoms with Gasteiger partial charge in [0, 0.05) is 11.5 Å². The van der Waals surface area contributed by atoms with Gasteiger partial charge in [0.25, 0.3) is 5.91 Å². The van der Waals surface area contributed by atoms with Crippen molar-refractivity contribution in [2.45, 2.75) is 13.0 Å². The van der Waals surface area contributed by atoms with Gasteiger partial charge in [-0.1, -0.05) is 42.5 Å². The predicted molar refractivity (Wildman–Crippen MR) is 106 cm³/mol. The third-order valence-electron chi connectivity index (χ3n) is 4.13. The number of amides is 1. The molecule has 1 atom stereocenters. The molecule has 0 radical (unpaired) electrons. The van der Waals surface area contributed by atoms with Crippen LogP contribution in [0.2, 0.25) is 0 Å². The van der Waals surface area contributed by atoms with Gasteiger partial charge in [-0.3, -0.25) is 4.79 Å². The van der Waals surface area contributed by atoms with Gasteiger partial charge in [-0.05, 0) is 30.5 Å². The zero-order valence-electron chi connectivity index (χ0n) is 15.5. The number of nitrogens with one attached hydrogen (secondary N) is 1. The van der Waals surface area contributed by atoms with Crippen LogP contribution in [0.5, 0.6) is 17.2 Å². The minimum atomic E-state index is -0.616. The summed E-state index contributed by atoms with van der Waals surface area (Å²) in [6, 6.07) is 21.1. The molecule has 0 spiro atoms. The molecule has 0 saturated carbocycles.